The molecule has 1 N–H and O–H groups in total. The minimum absolute atomic E-state index is 0.0897. The fraction of sp³-hybridized carbons (Fsp3) is 0.262. The normalized spacial score (nSPS) is 14.7. The Morgan fingerprint density at radius 1 is 0.783 bits per heavy atom. The van der Waals surface area contributed by atoms with Gasteiger partial charge >= 0.3 is 17.4 Å². The van der Waals surface area contributed by atoms with E-state index in [1.165, 1.54) is 4.90 Å². The molecule has 1 fully saturated rings. The number of benzene rings is 4. The van der Waals surface area contributed by atoms with Gasteiger partial charge in [0.15, 0.2) is 5.78 Å². The van der Waals surface area contributed by atoms with Crippen LogP contribution in [0.4, 0.5) is 9.59 Å². The molecule has 3 amide bonds. The number of nitrogens with one attached hydrogen (secondary N) is 1. The topological polar surface area (TPSA) is 148 Å². The van der Waals surface area contributed by atoms with Crippen LogP contribution in [0.25, 0.3) is 11.5 Å². The summed E-state index contributed by atoms with van der Waals surface area (Å²) in [5, 5.41) is -0.469. The van der Waals surface area contributed by atoms with Gasteiger partial charge in [-0.15, -0.1) is 0 Å². The fourth-order valence-corrected chi connectivity index (χ4v) is 6.88. The van der Waals surface area contributed by atoms with Gasteiger partial charge in [-0.25, -0.2) is 14.6 Å². The predicted molar refractivity (Wildman–Crippen MR) is 238 cm³/mol. The molecule has 5 aromatic rings. The summed E-state index contributed by atoms with van der Waals surface area (Å²) in [4.78, 5) is 57.4. The van der Waals surface area contributed by atoms with Gasteiger partial charge in [-0.1, -0.05) is 105 Å². The van der Waals surface area contributed by atoms with Gasteiger partial charge in [-0.3, -0.25) is 14.2 Å². The minimum Gasteiger partial charge on any atom is -0.445 e. The van der Waals surface area contributed by atoms with Gasteiger partial charge in [-0.05, 0) is 94.1 Å². The molecule has 3 heterocycles. The fourth-order valence-electron chi connectivity index (χ4n) is 6.14. The number of aromatic nitrogens is 1. The molecular weight excluding hydrogens is 986 g/mol. The van der Waals surface area contributed by atoms with Crippen LogP contribution in [0, 0.1) is 13.8 Å². The zero-order valence-corrected chi connectivity index (χ0v) is 38.8. The molecule has 0 unspecified atom stereocenters. The number of fused-ring (bicyclic) bond motifs is 1. The number of oxazole rings is 1. The van der Waals surface area contributed by atoms with Crippen LogP contribution >= 0.6 is 70.8 Å². The van der Waals surface area contributed by atoms with Gasteiger partial charge in [0.1, 0.15) is 30.7 Å². The third kappa shape index (κ3) is 13.9. The Morgan fingerprint density at radius 3 is 1.92 bits per heavy atom. The molecule has 316 valence electrons. The summed E-state index contributed by atoms with van der Waals surface area (Å²) in [6, 6.07) is 29.6. The maximum atomic E-state index is 12.6. The van der Waals surface area contributed by atoms with Crippen molar-refractivity contribution in [3.05, 3.63) is 145 Å². The number of hydrogen-bond acceptors (Lipinski definition) is 9. The predicted octanol–water partition coefficient (Wildman–Crippen LogP) is 11.4. The first kappa shape index (κ1) is 46.9. The lowest BCUT2D eigenvalue weighted by molar-refractivity contribution is -0.123. The first-order valence-corrected chi connectivity index (χ1v) is 24.5. The number of rotatable bonds is 7. The van der Waals surface area contributed by atoms with Crippen LogP contribution < -0.4 is 5.32 Å². The monoisotopic (exact) mass is 1020 g/mol. The van der Waals surface area contributed by atoms with Gasteiger partial charge in [-0.2, -0.15) is 0 Å². The van der Waals surface area contributed by atoms with Crippen molar-refractivity contribution in [3.8, 4) is 11.5 Å². The average molecular weight is 1030 g/mol. The molecule has 1 atom stereocenters. The van der Waals surface area contributed by atoms with Gasteiger partial charge < -0.3 is 29.0 Å². The number of carbonyl (C=O) groups excluding carboxylic acids is 4. The number of nitrogens with zero attached hydrogens (tertiary/aromatic N) is 3. The molecular formula is C42H40Br2Cl3N4O8P. The summed E-state index contributed by atoms with van der Waals surface area (Å²) < 4.78 is 28.1. The lowest BCUT2D eigenvalue weighted by Gasteiger charge is -2.31. The summed E-state index contributed by atoms with van der Waals surface area (Å²) in [7, 11) is 0. The van der Waals surface area contributed by atoms with E-state index >= 15 is 0 Å². The number of Topliss-reactive ketones (excluding diaryl/α,β-unsaturated/α-hetero) is 1. The van der Waals surface area contributed by atoms with E-state index in [0.717, 1.165) is 48.2 Å². The van der Waals surface area contributed by atoms with Crippen molar-refractivity contribution < 1.29 is 37.6 Å². The number of ketones is 1. The maximum Gasteiger partial charge on any atom is 0.410 e. The Hall–Kier alpha value is -4.17. The Bertz CT molecular complexity index is 2340. The van der Waals surface area contributed by atoms with Crippen molar-refractivity contribution >= 4 is 94.7 Å². The highest BCUT2D eigenvalue weighted by atomic mass is 79.9. The van der Waals surface area contributed by atoms with Crippen molar-refractivity contribution in [3.63, 3.8) is 0 Å². The minimum atomic E-state index is -3.22. The molecule has 1 saturated heterocycles. The van der Waals surface area contributed by atoms with E-state index in [0.29, 0.717) is 31.0 Å². The molecule has 0 radical (unpaired) electrons. The third-order valence-electron chi connectivity index (χ3n) is 9.39. The van der Waals surface area contributed by atoms with E-state index in [2.05, 4.69) is 75.9 Å². The zero-order chi connectivity index (χ0) is 43.4. The molecule has 2 aliphatic heterocycles. The third-order valence-corrected chi connectivity index (χ3v) is 11.1. The molecule has 2 aliphatic rings. The number of carbonyl (C=O) groups is 4. The zero-order valence-electron chi connectivity index (χ0n) is 32.4. The number of ether oxygens (including phenoxy) is 2. The van der Waals surface area contributed by atoms with Crippen molar-refractivity contribution in [1.29, 1.82) is 0 Å². The number of hydrogen-bond donors (Lipinski definition) is 1. The number of amides is 3. The van der Waals surface area contributed by atoms with Gasteiger partial charge in [0.25, 0.3) is 5.91 Å². The Morgan fingerprint density at radius 2 is 1.32 bits per heavy atom. The highest BCUT2D eigenvalue weighted by Crippen LogP contribution is 2.61. The van der Waals surface area contributed by atoms with Gasteiger partial charge in [0.05, 0.1) is 13.1 Å². The molecule has 7 rings (SSSR count). The highest BCUT2D eigenvalue weighted by Gasteiger charge is 2.32. The Labute approximate surface area is 378 Å². The first-order valence-electron chi connectivity index (χ1n) is 18.5. The first-order chi connectivity index (χ1) is 28.6. The van der Waals surface area contributed by atoms with E-state index in [4.69, 9.17) is 13.9 Å². The molecule has 0 spiro atoms. The smallest absolute Gasteiger partial charge is 0.410 e. The molecule has 60 heavy (non-hydrogen) atoms. The molecule has 0 saturated carbocycles. The highest BCUT2D eigenvalue weighted by molar-refractivity contribution is 9.10. The second kappa shape index (κ2) is 22.1. The average Bonchev–Trinajstić information content (AvgIpc) is 3.65. The quantitative estimate of drug-likeness (QED) is 0.157. The second-order valence-electron chi connectivity index (χ2n) is 13.6. The Balaban J connectivity index is 0.000000205. The van der Waals surface area contributed by atoms with Crippen molar-refractivity contribution in [2.45, 2.75) is 52.5 Å². The van der Waals surface area contributed by atoms with Crippen LogP contribution in [-0.4, -0.2) is 64.3 Å². The standard InChI is InChI=1S/C21H21BrN2O4.C21H19BrN2O3.Cl3OP/c1-14-16(8-5-9-17(14)22)20(26)23-18-12-24(11-10-19(18)25)21(27)28-13-15-6-3-2-4-7-15;1-14-16(8-5-9-17(14)22)20-23-18-12-24(11-10-19(18)27-20)21(25)26-13-15-6-3-2-4-7-15;1-5(2,3)4/h2-9,18H,10-13H2,1H3,(H,23,26);2-9H,10-13H2,1H3;/t18-;;/m0../s1. The summed E-state index contributed by atoms with van der Waals surface area (Å²) in [5.74, 6) is 1.01. The summed E-state index contributed by atoms with van der Waals surface area (Å²) >= 11 is 20.8. The molecule has 0 bridgehead atoms. The summed E-state index contributed by atoms with van der Waals surface area (Å²) in [6.45, 7) is 5.64. The van der Waals surface area contributed by atoms with Crippen LogP contribution in [-0.2, 0) is 45.0 Å². The lowest BCUT2D eigenvalue weighted by atomic mass is 10.0. The SMILES string of the molecule is Cc1c(Br)cccc1-c1nc2c(o1)CCN(C(=O)OCc1ccccc1)C2.Cc1c(Br)cccc1C(=O)N[C@H]1CN(C(=O)OCc2ccccc2)CCC1=O.O=P(Cl)(Cl)Cl. The van der Waals surface area contributed by atoms with E-state index < -0.39 is 17.3 Å². The van der Waals surface area contributed by atoms with E-state index in [-0.39, 0.29) is 50.5 Å². The summed E-state index contributed by atoms with van der Waals surface area (Å²) in [5.41, 5.74) is 5.98. The number of halogens is 5. The molecule has 4 aromatic carbocycles. The van der Waals surface area contributed by atoms with Crippen LogP contribution in [0.2, 0.25) is 0 Å². The largest absolute Gasteiger partial charge is 0.445 e. The van der Waals surface area contributed by atoms with Gasteiger partial charge in [0.2, 0.25) is 5.89 Å². The molecule has 1 aromatic heterocycles. The van der Waals surface area contributed by atoms with Crippen molar-refractivity contribution in [2.24, 2.45) is 0 Å². The van der Waals surface area contributed by atoms with Crippen LogP contribution in [0.5, 0.6) is 0 Å². The molecule has 0 aliphatic carbocycles. The number of piperidine rings is 1. The molecule has 12 nitrogen and oxygen atoms in total. The number of likely N-dealkylation sites (tertiary alicyclic amines) is 1. The second-order valence-corrected chi connectivity index (χ2v) is 21.9. The maximum absolute atomic E-state index is 12.6. The summed E-state index contributed by atoms with van der Waals surface area (Å²) in [6.07, 6.45) is 0.000466. The van der Waals surface area contributed by atoms with Crippen molar-refractivity contribution in [2.75, 3.05) is 19.6 Å². The molecule has 18 heteroatoms. The lowest BCUT2D eigenvalue weighted by Crippen LogP contribution is -2.54. The Kier molecular flexibility index (Phi) is 17.3. The van der Waals surface area contributed by atoms with E-state index in [1.54, 1.807) is 17.0 Å². The van der Waals surface area contributed by atoms with Crippen LogP contribution in [0.3, 0.4) is 0 Å². The van der Waals surface area contributed by atoms with E-state index in [9.17, 15) is 23.7 Å². The van der Waals surface area contributed by atoms with E-state index in [1.807, 2.05) is 98.8 Å². The van der Waals surface area contributed by atoms with Crippen LogP contribution in [0.15, 0.2) is 110 Å². The van der Waals surface area contributed by atoms with Crippen LogP contribution in [0.1, 0.15) is 50.5 Å². The van der Waals surface area contributed by atoms with Crippen molar-refractivity contribution in [1.82, 2.24) is 20.1 Å². The van der Waals surface area contributed by atoms with Gasteiger partial charge in [0, 0.05) is 46.0 Å².